The molecule has 4 heteroatoms. The molecule has 0 aromatic carbocycles. The fourth-order valence-electron chi connectivity index (χ4n) is 0.811. The molecule has 0 aromatic rings. The van der Waals surface area contributed by atoms with Crippen LogP contribution in [0.25, 0.3) is 0 Å². The van der Waals surface area contributed by atoms with Gasteiger partial charge in [-0.3, -0.25) is 11.2 Å². The zero-order valence-corrected chi connectivity index (χ0v) is 7.15. The van der Waals surface area contributed by atoms with Crippen molar-refractivity contribution in [3.63, 3.8) is 0 Å². The van der Waals surface area contributed by atoms with Crippen molar-refractivity contribution in [1.82, 2.24) is 16.3 Å². The number of nitrogens with one attached hydrogen (secondary N) is 3. The Morgan fingerprint density at radius 3 is 2.10 bits per heavy atom. The molecular weight excluding hydrogens is 128 g/mol. The van der Waals surface area contributed by atoms with E-state index in [4.69, 9.17) is 5.84 Å². The minimum atomic E-state index is 0.114. The van der Waals surface area contributed by atoms with Gasteiger partial charge >= 0.3 is 0 Å². The van der Waals surface area contributed by atoms with Gasteiger partial charge in [0.1, 0.15) is 0 Å². The van der Waals surface area contributed by atoms with Crippen LogP contribution in [0.1, 0.15) is 27.7 Å². The Kier molecular flexibility index (Phi) is 3.81. The van der Waals surface area contributed by atoms with Gasteiger partial charge in [0, 0.05) is 5.54 Å². The van der Waals surface area contributed by atoms with Gasteiger partial charge in [0.05, 0.1) is 6.17 Å². The van der Waals surface area contributed by atoms with Gasteiger partial charge in [-0.15, -0.1) is 0 Å². The summed E-state index contributed by atoms with van der Waals surface area (Å²) < 4.78 is 0. The highest BCUT2D eigenvalue weighted by atomic mass is 15.5. The quantitative estimate of drug-likeness (QED) is 0.250. The molecule has 0 aliphatic heterocycles. The average Bonchev–Trinajstić information content (AvgIpc) is 1.59. The number of hydrazine groups is 2. The van der Waals surface area contributed by atoms with Gasteiger partial charge in [-0.1, -0.05) is 0 Å². The van der Waals surface area contributed by atoms with Crippen LogP contribution in [-0.4, -0.2) is 11.7 Å². The molecule has 0 amide bonds. The van der Waals surface area contributed by atoms with Crippen molar-refractivity contribution in [2.75, 3.05) is 0 Å². The highest BCUT2D eigenvalue weighted by Gasteiger charge is 2.11. The molecule has 0 fully saturated rings. The van der Waals surface area contributed by atoms with Gasteiger partial charge in [-0.2, -0.15) is 5.53 Å². The predicted octanol–water partition coefficient (Wildman–Crippen LogP) is -0.312. The first kappa shape index (κ1) is 9.84. The van der Waals surface area contributed by atoms with E-state index in [2.05, 4.69) is 37.0 Å². The first-order valence-corrected chi connectivity index (χ1v) is 3.44. The molecule has 0 rings (SSSR count). The van der Waals surface area contributed by atoms with Crippen LogP contribution in [0.2, 0.25) is 0 Å². The van der Waals surface area contributed by atoms with Crippen LogP contribution in [0.5, 0.6) is 0 Å². The van der Waals surface area contributed by atoms with E-state index < -0.39 is 0 Å². The van der Waals surface area contributed by atoms with Crippen molar-refractivity contribution >= 4 is 0 Å². The first-order chi connectivity index (χ1) is 4.45. The minimum absolute atomic E-state index is 0.114. The van der Waals surface area contributed by atoms with E-state index in [9.17, 15) is 0 Å². The standard InChI is InChI=1S/C6H18N4/c1-5(9-10-7)8-6(2,3)4/h5,8-10H,7H2,1-4H3/t5-/m1/s1. The van der Waals surface area contributed by atoms with Gasteiger partial charge in [-0.25, -0.2) is 5.43 Å². The number of rotatable bonds is 3. The molecule has 1 atom stereocenters. The van der Waals surface area contributed by atoms with Crippen molar-refractivity contribution < 1.29 is 0 Å². The van der Waals surface area contributed by atoms with E-state index in [1.165, 1.54) is 0 Å². The summed E-state index contributed by atoms with van der Waals surface area (Å²) in [7, 11) is 0. The Hall–Kier alpha value is -0.160. The van der Waals surface area contributed by atoms with Crippen LogP contribution in [0.3, 0.4) is 0 Å². The Morgan fingerprint density at radius 1 is 1.30 bits per heavy atom. The predicted molar refractivity (Wildman–Crippen MR) is 42.8 cm³/mol. The van der Waals surface area contributed by atoms with Crippen molar-refractivity contribution in [2.24, 2.45) is 5.84 Å². The summed E-state index contributed by atoms with van der Waals surface area (Å²) in [6, 6.07) is 0. The lowest BCUT2D eigenvalue weighted by atomic mass is 10.1. The fraction of sp³-hybridized carbons (Fsp3) is 1.00. The van der Waals surface area contributed by atoms with E-state index >= 15 is 0 Å². The molecule has 0 saturated heterocycles. The summed E-state index contributed by atoms with van der Waals surface area (Å²) in [5.41, 5.74) is 5.31. The molecule has 0 heterocycles. The summed E-state index contributed by atoms with van der Waals surface area (Å²) >= 11 is 0. The third-order valence-corrected chi connectivity index (χ3v) is 0.949. The van der Waals surface area contributed by atoms with Crippen LogP contribution in [0.15, 0.2) is 0 Å². The minimum Gasteiger partial charge on any atom is -0.296 e. The van der Waals surface area contributed by atoms with E-state index in [0.29, 0.717) is 0 Å². The van der Waals surface area contributed by atoms with Gasteiger partial charge in [0.25, 0.3) is 0 Å². The maximum atomic E-state index is 5.05. The van der Waals surface area contributed by atoms with E-state index in [1.807, 2.05) is 6.92 Å². The zero-order valence-electron chi connectivity index (χ0n) is 7.15. The monoisotopic (exact) mass is 146 g/mol. The summed E-state index contributed by atoms with van der Waals surface area (Å²) in [6.07, 6.45) is 0.171. The highest BCUT2D eigenvalue weighted by molar-refractivity contribution is 4.72. The van der Waals surface area contributed by atoms with Gasteiger partial charge in [0.2, 0.25) is 0 Å². The van der Waals surface area contributed by atoms with Crippen molar-refractivity contribution in [2.45, 2.75) is 39.4 Å². The maximum absolute atomic E-state index is 5.05. The zero-order chi connectivity index (χ0) is 8.20. The molecular formula is C6H18N4. The SMILES string of the molecule is C[C@@H](NNN)NC(C)(C)C. The van der Waals surface area contributed by atoms with E-state index in [1.54, 1.807) is 0 Å². The van der Waals surface area contributed by atoms with E-state index in [-0.39, 0.29) is 11.7 Å². The first-order valence-electron chi connectivity index (χ1n) is 3.44. The summed E-state index contributed by atoms with van der Waals surface area (Å²) in [6.45, 7) is 8.29. The number of hydrogen-bond acceptors (Lipinski definition) is 4. The van der Waals surface area contributed by atoms with Crippen LogP contribution < -0.4 is 22.1 Å². The Morgan fingerprint density at radius 2 is 1.80 bits per heavy atom. The molecule has 4 nitrogen and oxygen atoms in total. The van der Waals surface area contributed by atoms with Gasteiger partial charge < -0.3 is 0 Å². The lowest BCUT2D eigenvalue weighted by Gasteiger charge is -2.26. The highest BCUT2D eigenvalue weighted by Crippen LogP contribution is 1.98. The molecule has 0 aliphatic rings. The fourth-order valence-corrected chi connectivity index (χ4v) is 0.811. The molecule has 10 heavy (non-hydrogen) atoms. The lowest BCUT2D eigenvalue weighted by molar-refractivity contribution is 0.308. The molecule has 0 spiro atoms. The summed E-state index contributed by atoms with van der Waals surface area (Å²) in [5.74, 6) is 5.05. The van der Waals surface area contributed by atoms with Crippen molar-refractivity contribution in [1.29, 1.82) is 0 Å². The molecule has 0 aromatic heterocycles. The average molecular weight is 146 g/mol. The third kappa shape index (κ3) is 5.97. The topological polar surface area (TPSA) is 62.1 Å². The van der Waals surface area contributed by atoms with Gasteiger partial charge in [0.15, 0.2) is 0 Å². The normalized spacial score (nSPS) is 15.3. The summed E-state index contributed by atoms with van der Waals surface area (Å²) in [5, 5.41) is 3.27. The summed E-state index contributed by atoms with van der Waals surface area (Å²) in [4.78, 5) is 0. The molecule has 0 unspecified atom stereocenters. The van der Waals surface area contributed by atoms with Crippen LogP contribution in [0.4, 0.5) is 0 Å². The molecule has 0 aliphatic carbocycles. The van der Waals surface area contributed by atoms with E-state index in [0.717, 1.165) is 0 Å². The Bertz CT molecular complexity index is 86.2. The van der Waals surface area contributed by atoms with Crippen LogP contribution in [0, 0.1) is 0 Å². The largest absolute Gasteiger partial charge is 0.296 e. The van der Waals surface area contributed by atoms with Gasteiger partial charge in [-0.05, 0) is 27.7 Å². The Labute approximate surface area is 62.5 Å². The second kappa shape index (κ2) is 3.88. The third-order valence-electron chi connectivity index (χ3n) is 0.949. The molecule has 0 bridgehead atoms. The molecule has 62 valence electrons. The second-order valence-corrected chi connectivity index (χ2v) is 3.40. The number of hydrogen-bond donors (Lipinski definition) is 4. The Balaban J connectivity index is 3.47. The van der Waals surface area contributed by atoms with Crippen molar-refractivity contribution in [3.05, 3.63) is 0 Å². The smallest absolute Gasteiger partial charge is 0.0692 e. The van der Waals surface area contributed by atoms with Crippen LogP contribution in [-0.2, 0) is 0 Å². The number of nitrogens with two attached hydrogens (primary N) is 1. The van der Waals surface area contributed by atoms with Crippen molar-refractivity contribution in [3.8, 4) is 0 Å². The van der Waals surface area contributed by atoms with Crippen LogP contribution >= 0.6 is 0 Å². The molecule has 0 radical (unpaired) electrons. The second-order valence-electron chi connectivity index (χ2n) is 3.40. The maximum Gasteiger partial charge on any atom is 0.0692 e. The lowest BCUT2D eigenvalue weighted by Crippen LogP contribution is -2.55. The molecule has 5 N–H and O–H groups in total. The molecule has 0 saturated carbocycles.